The minimum Gasteiger partial charge on any atom is -1.00 e. The van der Waals surface area contributed by atoms with E-state index in [1.165, 1.54) is 12.0 Å². The van der Waals surface area contributed by atoms with Gasteiger partial charge in [-0.2, -0.15) is 0 Å². The maximum Gasteiger partial charge on any atom is -1.00 e. The largest absolute Gasteiger partial charge is 1.00 e. The standard InChI is InChI=1S/C13H15.C10H15.2ClH.Zr/c1-10(2)7-11-8-12-5-3-4-6-13(12)9-11;1-7-6-10(4,5)9(3)8(7)2;;;/h3-6,8-10H,7H2,1-2H3;1-5H3;2*1H;/q;;;;+2/p-2. The molecular formula is C23H30Cl2Zr. The van der Waals surface area contributed by atoms with Crippen molar-refractivity contribution in [2.75, 3.05) is 0 Å². The van der Waals surface area contributed by atoms with Gasteiger partial charge in [0, 0.05) is 0 Å². The van der Waals surface area contributed by atoms with Gasteiger partial charge in [0.15, 0.2) is 0 Å². The minimum atomic E-state index is -0.728. The molecule has 1 atom stereocenters. The number of halogens is 2. The van der Waals surface area contributed by atoms with Crippen molar-refractivity contribution < 1.29 is 48.0 Å². The fraction of sp³-hybridized carbons (Fsp3) is 0.478. The molecule has 0 aliphatic heterocycles. The Balaban J connectivity index is 0.00000169. The van der Waals surface area contributed by atoms with Gasteiger partial charge in [-0.05, 0) is 0 Å². The molecule has 0 N–H and O–H groups in total. The van der Waals surface area contributed by atoms with Crippen molar-refractivity contribution in [1.29, 1.82) is 0 Å². The normalized spacial score (nSPS) is 20.5. The van der Waals surface area contributed by atoms with Gasteiger partial charge < -0.3 is 24.8 Å². The third-order valence-corrected chi connectivity index (χ3v) is 11.6. The SMILES string of the molecule is CC1=C(C)C(C)(C)[C]([Zr+2][CH]2C(CC(C)C)=Cc3ccccc32)=C1C.[Cl-].[Cl-]. The van der Waals surface area contributed by atoms with Crippen molar-refractivity contribution in [3.8, 4) is 0 Å². The van der Waals surface area contributed by atoms with Crippen LogP contribution in [0.3, 0.4) is 0 Å². The molecule has 2 aliphatic carbocycles. The molecule has 0 nitrogen and oxygen atoms in total. The van der Waals surface area contributed by atoms with Crippen LogP contribution in [0.5, 0.6) is 0 Å². The summed E-state index contributed by atoms with van der Waals surface area (Å²) in [7, 11) is 0. The molecule has 3 rings (SSSR count). The zero-order valence-electron chi connectivity index (χ0n) is 17.0. The van der Waals surface area contributed by atoms with E-state index in [1.54, 1.807) is 27.9 Å². The van der Waals surface area contributed by atoms with Gasteiger partial charge in [-0.15, -0.1) is 0 Å². The molecule has 0 heterocycles. The van der Waals surface area contributed by atoms with Gasteiger partial charge in [-0.3, -0.25) is 0 Å². The molecule has 140 valence electrons. The number of benzene rings is 1. The van der Waals surface area contributed by atoms with Crippen molar-refractivity contribution in [2.45, 2.75) is 58.5 Å². The summed E-state index contributed by atoms with van der Waals surface area (Å²) in [4.78, 5) is 0. The molecule has 0 aromatic heterocycles. The molecule has 1 unspecified atom stereocenters. The van der Waals surface area contributed by atoms with Crippen molar-refractivity contribution in [2.24, 2.45) is 11.3 Å². The van der Waals surface area contributed by atoms with Gasteiger partial charge in [-0.25, -0.2) is 0 Å². The second kappa shape index (κ2) is 8.94. The van der Waals surface area contributed by atoms with E-state index in [4.69, 9.17) is 0 Å². The predicted octanol–water partition coefficient (Wildman–Crippen LogP) is 0.912. The monoisotopic (exact) mass is 466 g/mol. The molecule has 0 amide bonds. The summed E-state index contributed by atoms with van der Waals surface area (Å²) in [5, 5.41) is 0. The number of hydrogen-bond acceptors (Lipinski definition) is 0. The Kier molecular flexibility index (Phi) is 8.23. The van der Waals surface area contributed by atoms with Crippen LogP contribution in [-0.2, 0) is 23.2 Å². The molecule has 1 aromatic rings. The third-order valence-electron chi connectivity index (χ3n) is 6.01. The smallest absolute Gasteiger partial charge is 1.00 e. The molecule has 3 heteroatoms. The van der Waals surface area contributed by atoms with Crippen LogP contribution in [0, 0.1) is 11.3 Å². The average molecular weight is 469 g/mol. The fourth-order valence-corrected chi connectivity index (χ4v) is 9.26. The van der Waals surface area contributed by atoms with Crippen molar-refractivity contribution in [1.82, 2.24) is 0 Å². The molecule has 0 saturated carbocycles. The Morgan fingerprint density at radius 2 is 1.62 bits per heavy atom. The summed E-state index contributed by atoms with van der Waals surface area (Å²) in [6, 6.07) is 9.11. The summed E-state index contributed by atoms with van der Waals surface area (Å²) >= 11 is -0.728. The molecule has 0 fully saturated rings. The van der Waals surface area contributed by atoms with Gasteiger partial charge in [0.25, 0.3) is 0 Å². The molecule has 26 heavy (non-hydrogen) atoms. The summed E-state index contributed by atoms with van der Waals surface area (Å²) in [6.07, 6.45) is 3.75. The van der Waals surface area contributed by atoms with Crippen LogP contribution in [0.4, 0.5) is 0 Å². The Hall–Kier alpha value is -0.0969. The van der Waals surface area contributed by atoms with Gasteiger partial charge in [0.1, 0.15) is 0 Å². The maximum atomic E-state index is 2.51. The van der Waals surface area contributed by atoms with Crippen LogP contribution in [0.25, 0.3) is 6.08 Å². The average Bonchev–Trinajstić information content (AvgIpc) is 2.92. The Labute approximate surface area is 184 Å². The first-order chi connectivity index (χ1) is 11.2. The summed E-state index contributed by atoms with van der Waals surface area (Å²) in [5.74, 6) is 0.737. The van der Waals surface area contributed by atoms with Crippen molar-refractivity contribution >= 4 is 6.08 Å². The van der Waals surface area contributed by atoms with E-state index in [0.717, 1.165) is 9.54 Å². The molecular weight excluding hydrogens is 438 g/mol. The van der Waals surface area contributed by atoms with Crippen molar-refractivity contribution in [3.63, 3.8) is 0 Å². The molecule has 2 aliphatic rings. The predicted molar refractivity (Wildman–Crippen MR) is 101 cm³/mol. The molecule has 0 saturated heterocycles. The van der Waals surface area contributed by atoms with Crippen molar-refractivity contribution in [3.05, 3.63) is 61.0 Å². The van der Waals surface area contributed by atoms with Crippen LogP contribution in [0.15, 0.2) is 49.8 Å². The fourth-order valence-electron chi connectivity index (χ4n) is 4.23. The number of fused-ring (bicyclic) bond motifs is 1. The zero-order chi connectivity index (χ0) is 17.6. The summed E-state index contributed by atoms with van der Waals surface area (Å²) in [6.45, 7) is 16.6. The Morgan fingerprint density at radius 3 is 2.15 bits per heavy atom. The third kappa shape index (κ3) is 4.16. The van der Waals surface area contributed by atoms with Crippen LogP contribution in [0.2, 0.25) is 0 Å². The van der Waals surface area contributed by atoms with Crippen LogP contribution in [-0.4, -0.2) is 0 Å². The molecule has 0 spiro atoms. The van der Waals surface area contributed by atoms with E-state index in [2.05, 4.69) is 78.8 Å². The van der Waals surface area contributed by atoms with Gasteiger partial charge in [0.2, 0.25) is 0 Å². The first-order valence-corrected chi connectivity index (χ1v) is 11.8. The van der Waals surface area contributed by atoms with E-state index in [1.807, 2.05) is 3.28 Å². The van der Waals surface area contributed by atoms with Gasteiger partial charge >= 0.3 is 160 Å². The Morgan fingerprint density at radius 1 is 1.00 bits per heavy atom. The van der Waals surface area contributed by atoms with E-state index in [0.29, 0.717) is 0 Å². The van der Waals surface area contributed by atoms with Crippen LogP contribution < -0.4 is 24.8 Å². The van der Waals surface area contributed by atoms with E-state index in [-0.39, 0.29) is 30.2 Å². The topological polar surface area (TPSA) is 0 Å². The molecule has 1 aromatic carbocycles. The van der Waals surface area contributed by atoms with E-state index in [9.17, 15) is 0 Å². The summed E-state index contributed by atoms with van der Waals surface area (Å²) in [5.41, 5.74) is 9.83. The number of rotatable bonds is 4. The maximum absolute atomic E-state index is 2.51. The first-order valence-electron chi connectivity index (χ1n) is 9.19. The van der Waals surface area contributed by atoms with Crippen LogP contribution in [0.1, 0.15) is 69.6 Å². The summed E-state index contributed by atoms with van der Waals surface area (Å²) < 4.78 is 2.55. The van der Waals surface area contributed by atoms with Crippen LogP contribution >= 0.6 is 0 Å². The van der Waals surface area contributed by atoms with Gasteiger partial charge in [-0.1, -0.05) is 0 Å². The quantitative estimate of drug-likeness (QED) is 0.617. The van der Waals surface area contributed by atoms with Gasteiger partial charge in [0.05, 0.1) is 0 Å². The minimum absolute atomic E-state index is 0. The number of allylic oxidation sites excluding steroid dienone is 5. The second-order valence-corrected chi connectivity index (χ2v) is 11.8. The molecule has 0 radical (unpaired) electrons. The Bertz CT molecular complexity index is 766. The van der Waals surface area contributed by atoms with E-state index < -0.39 is 23.2 Å². The second-order valence-electron chi connectivity index (χ2n) is 8.40. The zero-order valence-corrected chi connectivity index (χ0v) is 21.0. The molecule has 0 bridgehead atoms. The van der Waals surface area contributed by atoms with E-state index >= 15 is 0 Å². The first kappa shape index (κ1) is 23.9. The number of hydrogen-bond donors (Lipinski definition) is 0.